The number of ether oxygens (including phenoxy) is 1. The van der Waals surface area contributed by atoms with Gasteiger partial charge in [0.15, 0.2) is 0 Å². The molecule has 3 nitrogen and oxygen atoms in total. The molecule has 3 heteroatoms. The Morgan fingerprint density at radius 3 is 2.52 bits per heavy atom. The fraction of sp³-hybridized carbons (Fsp3) is 0.0556. The molecule has 0 radical (unpaired) electrons. The summed E-state index contributed by atoms with van der Waals surface area (Å²) >= 11 is 0. The van der Waals surface area contributed by atoms with Crippen molar-refractivity contribution in [2.45, 2.75) is 6.61 Å². The number of rotatable bonds is 4. The van der Waals surface area contributed by atoms with Gasteiger partial charge in [0.2, 0.25) is 5.91 Å². The zero-order chi connectivity index (χ0) is 14.7. The summed E-state index contributed by atoms with van der Waals surface area (Å²) in [7, 11) is 0. The molecule has 2 N–H and O–H groups in total. The van der Waals surface area contributed by atoms with Gasteiger partial charge in [-0.3, -0.25) is 4.79 Å². The molecule has 0 saturated heterocycles. The molecule has 0 spiro atoms. The molecular weight excluding hydrogens is 262 g/mol. The minimum atomic E-state index is -0.453. The van der Waals surface area contributed by atoms with Crippen molar-refractivity contribution >= 4 is 16.7 Å². The maximum Gasteiger partial charge on any atom is 0.248 e. The third-order valence-corrected chi connectivity index (χ3v) is 3.34. The number of carbonyl (C=O) groups is 1. The van der Waals surface area contributed by atoms with E-state index in [1.54, 1.807) is 18.2 Å². The Morgan fingerprint density at radius 1 is 0.905 bits per heavy atom. The number of hydrogen-bond acceptors (Lipinski definition) is 2. The van der Waals surface area contributed by atoms with Crippen LogP contribution in [0.5, 0.6) is 5.75 Å². The fourth-order valence-corrected chi connectivity index (χ4v) is 2.23. The van der Waals surface area contributed by atoms with E-state index >= 15 is 0 Å². The van der Waals surface area contributed by atoms with E-state index in [0.717, 1.165) is 5.56 Å². The zero-order valence-electron chi connectivity index (χ0n) is 11.5. The van der Waals surface area contributed by atoms with Crippen LogP contribution in [0.15, 0.2) is 66.7 Å². The van der Waals surface area contributed by atoms with Crippen LogP contribution in [0, 0.1) is 0 Å². The van der Waals surface area contributed by atoms with Crippen LogP contribution in [-0.4, -0.2) is 5.91 Å². The molecule has 0 aliphatic heterocycles. The molecular formula is C18H15NO2. The zero-order valence-corrected chi connectivity index (χ0v) is 11.5. The quantitative estimate of drug-likeness (QED) is 0.793. The van der Waals surface area contributed by atoms with Gasteiger partial charge in [0.05, 0.1) is 0 Å². The van der Waals surface area contributed by atoms with Gasteiger partial charge in [-0.05, 0) is 40.6 Å². The molecule has 3 aromatic carbocycles. The van der Waals surface area contributed by atoms with E-state index in [1.807, 2.05) is 24.3 Å². The molecule has 104 valence electrons. The number of benzene rings is 3. The number of fused-ring (bicyclic) bond motifs is 1. The summed E-state index contributed by atoms with van der Waals surface area (Å²) in [6, 6.07) is 21.3. The van der Waals surface area contributed by atoms with Gasteiger partial charge in [-0.15, -0.1) is 0 Å². The van der Waals surface area contributed by atoms with Crippen LogP contribution in [0.2, 0.25) is 0 Å². The Morgan fingerprint density at radius 2 is 1.71 bits per heavy atom. The number of amides is 1. The molecule has 3 aromatic rings. The first-order valence-corrected chi connectivity index (χ1v) is 6.73. The van der Waals surface area contributed by atoms with Gasteiger partial charge < -0.3 is 10.5 Å². The first kappa shape index (κ1) is 13.2. The van der Waals surface area contributed by atoms with E-state index in [2.05, 4.69) is 24.3 Å². The highest BCUT2D eigenvalue weighted by molar-refractivity contribution is 5.93. The number of nitrogens with two attached hydrogens (primary N) is 1. The van der Waals surface area contributed by atoms with Crippen molar-refractivity contribution in [2.75, 3.05) is 0 Å². The maximum atomic E-state index is 11.1. The topological polar surface area (TPSA) is 52.3 Å². The average molecular weight is 277 g/mol. The summed E-state index contributed by atoms with van der Waals surface area (Å²) in [6.45, 7) is 0.451. The van der Waals surface area contributed by atoms with E-state index in [0.29, 0.717) is 17.9 Å². The second-order valence-electron chi connectivity index (χ2n) is 4.86. The predicted octanol–water partition coefficient (Wildman–Crippen LogP) is 3.52. The normalized spacial score (nSPS) is 10.5. The monoisotopic (exact) mass is 277 g/mol. The average Bonchev–Trinajstić information content (AvgIpc) is 2.53. The largest absolute Gasteiger partial charge is 0.489 e. The molecule has 0 aliphatic carbocycles. The third-order valence-electron chi connectivity index (χ3n) is 3.34. The Hall–Kier alpha value is -2.81. The van der Waals surface area contributed by atoms with Crippen LogP contribution in [-0.2, 0) is 6.61 Å². The molecule has 1 amide bonds. The van der Waals surface area contributed by atoms with E-state index in [9.17, 15) is 4.79 Å². The van der Waals surface area contributed by atoms with Crippen molar-refractivity contribution in [3.05, 3.63) is 77.9 Å². The van der Waals surface area contributed by atoms with Gasteiger partial charge in [-0.25, -0.2) is 0 Å². The van der Waals surface area contributed by atoms with Crippen LogP contribution in [0.4, 0.5) is 0 Å². The van der Waals surface area contributed by atoms with Crippen molar-refractivity contribution in [1.29, 1.82) is 0 Å². The van der Waals surface area contributed by atoms with Crippen molar-refractivity contribution in [1.82, 2.24) is 0 Å². The number of hydrogen-bond donors (Lipinski definition) is 1. The summed E-state index contributed by atoms with van der Waals surface area (Å²) in [5.74, 6) is 0.186. The highest BCUT2D eigenvalue weighted by Gasteiger charge is 2.03. The summed E-state index contributed by atoms with van der Waals surface area (Å²) in [5, 5.41) is 2.39. The van der Waals surface area contributed by atoms with E-state index in [4.69, 9.17) is 10.5 Å². The van der Waals surface area contributed by atoms with Crippen LogP contribution < -0.4 is 10.5 Å². The minimum Gasteiger partial charge on any atom is -0.489 e. The van der Waals surface area contributed by atoms with Gasteiger partial charge >= 0.3 is 0 Å². The maximum absolute atomic E-state index is 11.1. The molecule has 0 aromatic heterocycles. The van der Waals surface area contributed by atoms with Gasteiger partial charge in [0, 0.05) is 5.56 Å². The molecule has 0 unspecified atom stereocenters. The van der Waals surface area contributed by atoms with Gasteiger partial charge in [0.25, 0.3) is 0 Å². The highest BCUT2D eigenvalue weighted by atomic mass is 16.5. The standard InChI is InChI=1S/C18H15NO2/c19-18(20)16-6-3-7-17(11-16)21-12-13-8-9-14-4-1-2-5-15(14)10-13/h1-11H,12H2,(H2,19,20). The second-order valence-corrected chi connectivity index (χ2v) is 4.86. The molecule has 0 heterocycles. The molecule has 3 rings (SSSR count). The number of primary amides is 1. The number of carbonyl (C=O) groups excluding carboxylic acids is 1. The molecule has 0 bridgehead atoms. The van der Waals surface area contributed by atoms with E-state index in [1.165, 1.54) is 10.8 Å². The first-order valence-electron chi connectivity index (χ1n) is 6.73. The van der Waals surface area contributed by atoms with Crippen LogP contribution >= 0.6 is 0 Å². The fourth-order valence-electron chi connectivity index (χ4n) is 2.23. The summed E-state index contributed by atoms with van der Waals surface area (Å²) in [5.41, 5.74) is 6.79. The smallest absolute Gasteiger partial charge is 0.248 e. The van der Waals surface area contributed by atoms with Gasteiger partial charge in [0.1, 0.15) is 12.4 Å². The van der Waals surface area contributed by atoms with Crippen molar-refractivity contribution in [2.24, 2.45) is 5.73 Å². The Balaban J connectivity index is 1.77. The van der Waals surface area contributed by atoms with Gasteiger partial charge in [-0.2, -0.15) is 0 Å². The van der Waals surface area contributed by atoms with Crippen molar-refractivity contribution < 1.29 is 9.53 Å². The van der Waals surface area contributed by atoms with Crippen molar-refractivity contribution in [3.8, 4) is 5.75 Å². The minimum absolute atomic E-state index is 0.450. The lowest BCUT2D eigenvalue weighted by Gasteiger charge is -2.08. The SMILES string of the molecule is NC(=O)c1cccc(OCc2ccc3ccccc3c2)c1. The summed E-state index contributed by atoms with van der Waals surface area (Å²) in [4.78, 5) is 11.1. The molecule has 0 saturated carbocycles. The molecule has 0 fully saturated rings. The lowest BCUT2D eigenvalue weighted by molar-refractivity contribution is 0.1000. The van der Waals surface area contributed by atoms with Crippen molar-refractivity contribution in [3.63, 3.8) is 0 Å². The van der Waals surface area contributed by atoms with Crippen LogP contribution in [0.25, 0.3) is 10.8 Å². The molecule has 0 aliphatic rings. The Bertz CT molecular complexity index is 796. The Kier molecular flexibility index (Phi) is 3.56. The lowest BCUT2D eigenvalue weighted by atomic mass is 10.1. The first-order chi connectivity index (χ1) is 10.2. The summed E-state index contributed by atoms with van der Waals surface area (Å²) < 4.78 is 5.72. The Labute approximate surface area is 123 Å². The van der Waals surface area contributed by atoms with E-state index in [-0.39, 0.29) is 0 Å². The predicted molar refractivity (Wildman–Crippen MR) is 83.2 cm³/mol. The third kappa shape index (κ3) is 3.03. The van der Waals surface area contributed by atoms with Crippen LogP contribution in [0.3, 0.4) is 0 Å². The van der Waals surface area contributed by atoms with Gasteiger partial charge in [-0.1, -0.05) is 42.5 Å². The lowest BCUT2D eigenvalue weighted by Crippen LogP contribution is -2.10. The van der Waals surface area contributed by atoms with E-state index < -0.39 is 5.91 Å². The highest BCUT2D eigenvalue weighted by Crippen LogP contribution is 2.18. The molecule has 0 atom stereocenters. The summed E-state index contributed by atoms with van der Waals surface area (Å²) in [6.07, 6.45) is 0. The van der Waals surface area contributed by atoms with Crippen LogP contribution in [0.1, 0.15) is 15.9 Å². The molecule has 21 heavy (non-hydrogen) atoms. The second kappa shape index (κ2) is 5.67.